The average Bonchev–Trinajstić information content (AvgIpc) is 3.16. The SMILES string of the molecule is NC(=O)[C@@H](c1ccccc1)N(C(=O)c1cnccn1)[C@@H]1CCc2c(F)cc(Cl)cc21. The molecule has 0 aliphatic heterocycles. The van der Waals surface area contributed by atoms with E-state index in [0.29, 0.717) is 29.5 Å². The fourth-order valence-electron chi connectivity index (χ4n) is 3.99. The quantitative estimate of drug-likeness (QED) is 0.677. The van der Waals surface area contributed by atoms with Crippen molar-refractivity contribution >= 4 is 23.4 Å². The Hall–Kier alpha value is -3.32. The molecule has 2 amide bonds. The molecule has 30 heavy (non-hydrogen) atoms. The number of hydrogen-bond acceptors (Lipinski definition) is 4. The molecule has 1 aliphatic rings. The maximum absolute atomic E-state index is 14.5. The molecular weight excluding hydrogens is 407 g/mol. The van der Waals surface area contributed by atoms with Gasteiger partial charge in [0.25, 0.3) is 5.91 Å². The zero-order valence-corrected chi connectivity index (χ0v) is 16.6. The molecule has 0 unspecified atom stereocenters. The normalized spacial score (nSPS) is 16.0. The van der Waals surface area contributed by atoms with Crippen LogP contribution in [-0.2, 0) is 11.2 Å². The van der Waals surface area contributed by atoms with E-state index < -0.39 is 29.7 Å². The molecule has 4 rings (SSSR count). The van der Waals surface area contributed by atoms with Gasteiger partial charge in [-0.2, -0.15) is 0 Å². The maximum Gasteiger partial charge on any atom is 0.275 e. The minimum absolute atomic E-state index is 0.0654. The fraction of sp³-hybridized carbons (Fsp3) is 0.182. The number of aromatic nitrogens is 2. The lowest BCUT2D eigenvalue weighted by Gasteiger charge is -2.35. The highest BCUT2D eigenvalue weighted by Gasteiger charge is 2.40. The number of rotatable bonds is 5. The summed E-state index contributed by atoms with van der Waals surface area (Å²) >= 11 is 6.10. The molecule has 0 fully saturated rings. The molecule has 0 bridgehead atoms. The van der Waals surface area contributed by atoms with Crippen molar-refractivity contribution in [2.75, 3.05) is 0 Å². The zero-order chi connectivity index (χ0) is 21.3. The second kappa shape index (κ2) is 8.20. The van der Waals surface area contributed by atoms with E-state index in [9.17, 15) is 14.0 Å². The third-order valence-electron chi connectivity index (χ3n) is 5.24. The van der Waals surface area contributed by atoms with E-state index in [1.54, 1.807) is 36.4 Å². The summed E-state index contributed by atoms with van der Waals surface area (Å²) in [5, 5.41) is 0.223. The summed E-state index contributed by atoms with van der Waals surface area (Å²) in [6.07, 6.45) is 5.01. The van der Waals surface area contributed by atoms with Crippen LogP contribution in [0.25, 0.3) is 0 Å². The zero-order valence-electron chi connectivity index (χ0n) is 15.8. The van der Waals surface area contributed by atoms with Gasteiger partial charge in [0.1, 0.15) is 17.6 Å². The van der Waals surface area contributed by atoms with Gasteiger partial charge in [0, 0.05) is 17.4 Å². The third-order valence-corrected chi connectivity index (χ3v) is 5.46. The first-order chi connectivity index (χ1) is 14.5. The van der Waals surface area contributed by atoms with Crippen molar-refractivity contribution in [1.29, 1.82) is 0 Å². The second-order valence-corrected chi connectivity index (χ2v) is 7.46. The van der Waals surface area contributed by atoms with Crippen LogP contribution in [0.2, 0.25) is 5.02 Å². The van der Waals surface area contributed by atoms with Crippen LogP contribution < -0.4 is 5.73 Å². The highest BCUT2D eigenvalue weighted by Crippen LogP contribution is 2.42. The molecule has 0 spiro atoms. The minimum Gasteiger partial charge on any atom is -0.368 e. The first-order valence-electron chi connectivity index (χ1n) is 9.38. The van der Waals surface area contributed by atoms with Crippen molar-refractivity contribution in [3.8, 4) is 0 Å². The Morgan fingerprint density at radius 3 is 2.63 bits per heavy atom. The molecular formula is C22H18ClFN4O2. The van der Waals surface area contributed by atoms with E-state index in [2.05, 4.69) is 9.97 Å². The predicted octanol–water partition coefficient (Wildman–Crippen LogP) is 3.63. The van der Waals surface area contributed by atoms with Gasteiger partial charge in [0.05, 0.1) is 12.2 Å². The second-order valence-electron chi connectivity index (χ2n) is 7.03. The van der Waals surface area contributed by atoms with Crippen LogP contribution >= 0.6 is 11.6 Å². The Bertz CT molecular complexity index is 1100. The summed E-state index contributed by atoms with van der Waals surface area (Å²) in [5.74, 6) is -1.65. The highest BCUT2D eigenvalue weighted by molar-refractivity contribution is 6.30. The molecule has 2 N–H and O–H groups in total. The number of primary amides is 1. The number of nitrogens with two attached hydrogens (primary N) is 1. The number of carbonyl (C=O) groups excluding carboxylic acids is 2. The third kappa shape index (κ3) is 3.64. The Morgan fingerprint density at radius 1 is 1.20 bits per heavy atom. The van der Waals surface area contributed by atoms with Crippen LogP contribution in [0.3, 0.4) is 0 Å². The van der Waals surface area contributed by atoms with Crippen molar-refractivity contribution in [3.05, 3.63) is 94.3 Å². The van der Waals surface area contributed by atoms with Crippen LogP contribution in [0.1, 0.15) is 45.7 Å². The van der Waals surface area contributed by atoms with Crippen molar-refractivity contribution < 1.29 is 14.0 Å². The van der Waals surface area contributed by atoms with Gasteiger partial charge in [-0.1, -0.05) is 41.9 Å². The number of halogens is 2. The smallest absolute Gasteiger partial charge is 0.275 e. The van der Waals surface area contributed by atoms with Gasteiger partial charge in [0.15, 0.2) is 0 Å². The molecule has 8 heteroatoms. The van der Waals surface area contributed by atoms with E-state index in [1.165, 1.54) is 29.6 Å². The monoisotopic (exact) mass is 424 g/mol. The minimum atomic E-state index is -1.07. The first kappa shape index (κ1) is 20.0. The van der Waals surface area contributed by atoms with Gasteiger partial charge < -0.3 is 10.6 Å². The van der Waals surface area contributed by atoms with Crippen LogP contribution in [-0.4, -0.2) is 26.7 Å². The molecule has 1 heterocycles. The van der Waals surface area contributed by atoms with Crippen molar-refractivity contribution in [3.63, 3.8) is 0 Å². The van der Waals surface area contributed by atoms with Crippen LogP contribution in [0.5, 0.6) is 0 Å². The van der Waals surface area contributed by atoms with E-state index in [-0.39, 0.29) is 10.7 Å². The van der Waals surface area contributed by atoms with Crippen LogP contribution in [0.4, 0.5) is 4.39 Å². The average molecular weight is 425 g/mol. The number of amides is 2. The summed E-state index contributed by atoms with van der Waals surface area (Å²) < 4.78 is 14.5. The number of carbonyl (C=O) groups is 2. The standard InChI is InChI=1S/C22H18ClFN4O2/c23-14-10-16-15(17(24)11-14)6-7-19(16)28(22(30)18-12-26-8-9-27-18)20(21(25)29)13-4-2-1-3-5-13/h1-5,8-12,19-20H,6-7H2,(H2,25,29)/t19-,20-/m1/s1. The van der Waals surface area contributed by atoms with Crippen molar-refractivity contribution in [2.45, 2.75) is 24.9 Å². The number of fused-ring (bicyclic) bond motifs is 1. The van der Waals surface area contributed by atoms with Gasteiger partial charge >= 0.3 is 0 Å². The van der Waals surface area contributed by atoms with Gasteiger partial charge in [0.2, 0.25) is 5.91 Å². The van der Waals surface area contributed by atoms with E-state index >= 15 is 0 Å². The Balaban J connectivity index is 1.88. The summed E-state index contributed by atoms with van der Waals surface area (Å²) in [6.45, 7) is 0. The molecule has 0 radical (unpaired) electrons. The Labute approximate surface area is 177 Å². The molecule has 0 saturated heterocycles. The molecule has 152 valence electrons. The highest BCUT2D eigenvalue weighted by atomic mass is 35.5. The topological polar surface area (TPSA) is 89.2 Å². The van der Waals surface area contributed by atoms with Crippen molar-refractivity contribution in [1.82, 2.24) is 14.9 Å². The van der Waals surface area contributed by atoms with Gasteiger partial charge in [-0.15, -0.1) is 0 Å². The first-order valence-corrected chi connectivity index (χ1v) is 9.76. The van der Waals surface area contributed by atoms with E-state index in [0.717, 1.165) is 0 Å². The Morgan fingerprint density at radius 2 is 1.97 bits per heavy atom. The predicted molar refractivity (Wildman–Crippen MR) is 109 cm³/mol. The van der Waals surface area contributed by atoms with Gasteiger partial charge in [-0.05, 0) is 41.7 Å². The van der Waals surface area contributed by atoms with Crippen LogP contribution in [0.15, 0.2) is 61.1 Å². The summed E-state index contributed by atoms with van der Waals surface area (Å²) in [6, 6.07) is 9.99. The summed E-state index contributed by atoms with van der Waals surface area (Å²) in [5.41, 5.74) is 7.44. The Kier molecular flexibility index (Phi) is 5.46. The number of nitrogens with zero attached hydrogens (tertiary/aromatic N) is 3. The summed E-state index contributed by atoms with van der Waals surface area (Å²) in [7, 11) is 0. The van der Waals surface area contributed by atoms with E-state index in [1.807, 2.05) is 0 Å². The van der Waals surface area contributed by atoms with Gasteiger partial charge in [-0.25, -0.2) is 9.37 Å². The van der Waals surface area contributed by atoms with Crippen molar-refractivity contribution in [2.24, 2.45) is 5.73 Å². The number of benzene rings is 2. The lowest BCUT2D eigenvalue weighted by atomic mass is 9.98. The molecule has 0 saturated carbocycles. The molecule has 1 aromatic heterocycles. The molecule has 6 nitrogen and oxygen atoms in total. The van der Waals surface area contributed by atoms with E-state index in [4.69, 9.17) is 17.3 Å². The summed E-state index contributed by atoms with van der Waals surface area (Å²) in [4.78, 5) is 35.5. The maximum atomic E-state index is 14.5. The molecule has 3 aromatic rings. The molecule has 2 atom stereocenters. The largest absolute Gasteiger partial charge is 0.368 e. The van der Waals surface area contributed by atoms with Gasteiger partial charge in [-0.3, -0.25) is 14.6 Å². The number of hydrogen-bond donors (Lipinski definition) is 1. The molecule has 2 aromatic carbocycles. The molecule has 1 aliphatic carbocycles. The fourth-order valence-corrected chi connectivity index (χ4v) is 4.20. The lowest BCUT2D eigenvalue weighted by molar-refractivity contribution is -0.123. The van der Waals surface area contributed by atoms with Crippen LogP contribution in [0, 0.1) is 5.82 Å². The lowest BCUT2D eigenvalue weighted by Crippen LogP contribution is -2.43.